The van der Waals surface area contributed by atoms with Gasteiger partial charge < -0.3 is 5.32 Å². The van der Waals surface area contributed by atoms with Crippen LogP contribution >= 0.6 is 11.6 Å². The minimum Gasteiger partial charge on any atom is -0.314 e. The molecular weight excluding hydrogens is 218 g/mol. The van der Waals surface area contributed by atoms with Crippen LogP contribution in [-0.4, -0.2) is 12.6 Å². The van der Waals surface area contributed by atoms with Crippen molar-refractivity contribution in [3.05, 3.63) is 47.0 Å². The maximum Gasteiger partial charge on any atom is 0.0408 e. The van der Waals surface area contributed by atoms with E-state index in [9.17, 15) is 0 Å². The van der Waals surface area contributed by atoms with Crippen molar-refractivity contribution in [3.8, 4) is 0 Å². The first-order valence-electron chi connectivity index (χ1n) is 5.97. The van der Waals surface area contributed by atoms with Gasteiger partial charge in [0.15, 0.2) is 0 Å². The smallest absolute Gasteiger partial charge is 0.0408 e. The minimum atomic E-state index is 0.821. The average molecular weight is 236 g/mol. The van der Waals surface area contributed by atoms with Gasteiger partial charge in [0.1, 0.15) is 0 Å². The van der Waals surface area contributed by atoms with Crippen molar-refractivity contribution in [1.82, 2.24) is 5.32 Å². The lowest BCUT2D eigenvalue weighted by molar-refractivity contribution is 0.690. The number of halogens is 1. The third kappa shape index (κ3) is 4.38. The summed E-state index contributed by atoms with van der Waals surface area (Å²) in [5, 5.41) is 4.31. The molecule has 0 aromatic heterocycles. The fourth-order valence-electron chi connectivity index (χ4n) is 1.66. The standard InChI is InChI=1S/C14H18ClN/c15-13-7-4-6-12(11-13)5-2-1-3-10-16-14-8-9-14/h1-2,4,6-7,11,14,16H,3,5,8-10H2. The van der Waals surface area contributed by atoms with Crippen molar-refractivity contribution in [2.45, 2.75) is 31.7 Å². The van der Waals surface area contributed by atoms with Crippen LogP contribution in [0.2, 0.25) is 5.02 Å². The first kappa shape index (κ1) is 11.7. The molecule has 0 bridgehead atoms. The molecule has 1 fully saturated rings. The zero-order valence-electron chi connectivity index (χ0n) is 9.45. The Bertz CT molecular complexity index is 356. The van der Waals surface area contributed by atoms with Gasteiger partial charge in [0.05, 0.1) is 0 Å². The quantitative estimate of drug-likeness (QED) is 0.587. The largest absolute Gasteiger partial charge is 0.314 e. The van der Waals surface area contributed by atoms with Crippen LogP contribution in [0.25, 0.3) is 0 Å². The Morgan fingerprint density at radius 1 is 1.31 bits per heavy atom. The van der Waals surface area contributed by atoms with Gasteiger partial charge in [-0.2, -0.15) is 0 Å². The van der Waals surface area contributed by atoms with Crippen LogP contribution in [0.4, 0.5) is 0 Å². The zero-order chi connectivity index (χ0) is 11.2. The summed E-state index contributed by atoms with van der Waals surface area (Å²) in [4.78, 5) is 0. The Labute approximate surface area is 103 Å². The minimum absolute atomic E-state index is 0.821. The fraction of sp³-hybridized carbons (Fsp3) is 0.429. The fourth-order valence-corrected chi connectivity index (χ4v) is 1.87. The average Bonchev–Trinajstić information content (AvgIpc) is 3.07. The van der Waals surface area contributed by atoms with E-state index in [4.69, 9.17) is 11.6 Å². The van der Waals surface area contributed by atoms with Crippen LogP contribution in [0.3, 0.4) is 0 Å². The van der Waals surface area contributed by atoms with Gasteiger partial charge in [0, 0.05) is 11.1 Å². The van der Waals surface area contributed by atoms with Gasteiger partial charge in [-0.1, -0.05) is 35.9 Å². The van der Waals surface area contributed by atoms with E-state index in [-0.39, 0.29) is 0 Å². The molecule has 0 unspecified atom stereocenters. The Hall–Kier alpha value is -0.790. The van der Waals surface area contributed by atoms with E-state index in [1.54, 1.807) is 0 Å². The molecular formula is C14H18ClN. The van der Waals surface area contributed by atoms with Crippen LogP contribution in [0.5, 0.6) is 0 Å². The zero-order valence-corrected chi connectivity index (χ0v) is 10.2. The number of allylic oxidation sites excluding steroid dienone is 1. The molecule has 1 aromatic carbocycles. The first-order valence-corrected chi connectivity index (χ1v) is 6.35. The second-order valence-electron chi connectivity index (χ2n) is 4.32. The van der Waals surface area contributed by atoms with E-state index in [2.05, 4.69) is 23.5 Å². The Morgan fingerprint density at radius 2 is 2.19 bits per heavy atom. The van der Waals surface area contributed by atoms with Crippen LogP contribution in [0.1, 0.15) is 24.8 Å². The summed E-state index contributed by atoms with van der Waals surface area (Å²) in [6, 6.07) is 8.86. The van der Waals surface area contributed by atoms with E-state index in [1.165, 1.54) is 18.4 Å². The van der Waals surface area contributed by atoms with Gasteiger partial charge in [-0.25, -0.2) is 0 Å². The lowest BCUT2D eigenvalue weighted by Gasteiger charge is -1.98. The molecule has 1 aliphatic carbocycles. The number of benzene rings is 1. The molecule has 0 amide bonds. The predicted molar refractivity (Wildman–Crippen MR) is 69.9 cm³/mol. The van der Waals surface area contributed by atoms with Gasteiger partial charge in [-0.05, 0) is 49.9 Å². The number of hydrogen-bond acceptors (Lipinski definition) is 1. The van der Waals surface area contributed by atoms with E-state index in [0.29, 0.717) is 0 Å². The lowest BCUT2D eigenvalue weighted by Crippen LogP contribution is -2.16. The molecule has 2 heteroatoms. The van der Waals surface area contributed by atoms with Crippen molar-refractivity contribution in [3.63, 3.8) is 0 Å². The summed E-state index contributed by atoms with van der Waals surface area (Å²) in [5.41, 5.74) is 1.28. The molecule has 86 valence electrons. The SMILES string of the molecule is Clc1cccc(CC=CCCNC2CC2)c1. The normalized spacial score (nSPS) is 15.8. The van der Waals surface area contributed by atoms with Crippen LogP contribution in [0, 0.1) is 0 Å². The van der Waals surface area contributed by atoms with Crippen LogP contribution < -0.4 is 5.32 Å². The van der Waals surface area contributed by atoms with E-state index in [0.717, 1.165) is 30.5 Å². The van der Waals surface area contributed by atoms with E-state index >= 15 is 0 Å². The van der Waals surface area contributed by atoms with Gasteiger partial charge in [-0.15, -0.1) is 0 Å². The molecule has 1 nitrogen and oxygen atoms in total. The molecule has 1 aliphatic rings. The maximum atomic E-state index is 5.92. The molecule has 0 spiro atoms. The van der Waals surface area contributed by atoms with Gasteiger partial charge in [0.25, 0.3) is 0 Å². The van der Waals surface area contributed by atoms with Gasteiger partial charge in [-0.3, -0.25) is 0 Å². The highest BCUT2D eigenvalue weighted by atomic mass is 35.5. The summed E-state index contributed by atoms with van der Waals surface area (Å²) < 4.78 is 0. The number of rotatable bonds is 6. The topological polar surface area (TPSA) is 12.0 Å². The summed E-state index contributed by atoms with van der Waals surface area (Å²) in [7, 11) is 0. The Balaban J connectivity index is 1.63. The van der Waals surface area contributed by atoms with Crippen molar-refractivity contribution in [2.75, 3.05) is 6.54 Å². The molecule has 1 saturated carbocycles. The van der Waals surface area contributed by atoms with Crippen LogP contribution in [0.15, 0.2) is 36.4 Å². The number of nitrogens with one attached hydrogen (secondary N) is 1. The van der Waals surface area contributed by atoms with Crippen molar-refractivity contribution in [1.29, 1.82) is 0 Å². The lowest BCUT2D eigenvalue weighted by atomic mass is 10.1. The van der Waals surface area contributed by atoms with Gasteiger partial charge in [0.2, 0.25) is 0 Å². The summed E-state index contributed by atoms with van der Waals surface area (Å²) in [6.45, 7) is 1.11. The van der Waals surface area contributed by atoms with Crippen molar-refractivity contribution in [2.24, 2.45) is 0 Å². The van der Waals surface area contributed by atoms with Crippen molar-refractivity contribution < 1.29 is 0 Å². The Kier molecular flexibility index (Phi) is 4.44. The summed E-state index contributed by atoms with van der Waals surface area (Å²) in [6.07, 6.45) is 9.30. The highest BCUT2D eigenvalue weighted by Gasteiger charge is 2.19. The molecule has 16 heavy (non-hydrogen) atoms. The second-order valence-corrected chi connectivity index (χ2v) is 4.76. The van der Waals surface area contributed by atoms with E-state index in [1.807, 2.05) is 18.2 Å². The summed E-state index contributed by atoms with van der Waals surface area (Å²) in [5.74, 6) is 0. The highest BCUT2D eigenvalue weighted by Crippen LogP contribution is 2.18. The third-order valence-electron chi connectivity index (χ3n) is 2.73. The first-order chi connectivity index (χ1) is 7.84. The molecule has 1 aromatic rings. The molecule has 0 atom stereocenters. The third-order valence-corrected chi connectivity index (χ3v) is 2.97. The molecule has 0 saturated heterocycles. The Morgan fingerprint density at radius 3 is 2.94 bits per heavy atom. The monoisotopic (exact) mass is 235 g/mol. The second kappa shape index (κ2) is 6.07. The maximum absolute atomic E-state index is 5.92. The molecule has 0 heterocycles. The van der Waals surface area contributed by atoms with E-state index < -0.39 is 0 Å². The molecule has 1 N–H and O–H groups in total. The van der Waals surface area contributed by atoms with Crippen LogP contribution in [-0.2, 0) is 6.42 Å². The summed E-state index contributed by atoms with van der Waals surface area (Å²) >= 11 is 5.92. The van der Waals surface area contributed by atoms with Gasteiger partial charge >= 0.3 is 0 Å². The molecule has 2 rings (SSSR count). The number of hydrogen-bond donors (Lipinski definition) is 1. The highest BCUT2D eigenvalue weighted by molar-refractivity contribution is 6.30. The van der Waals surface area contributed by atoms with Crippen molar-refractivity contribution >= 4 is 11.6 Å². The molecule has 0 radical (unpaired) electrons. The predicted octanol–water partition coefficient (Wildman–Crippen LogP) is 3.58. The molecule has 0 aliphatic heterocycles.